The van der Waals surface area contributed by atoms with Crippen LogP contribution in [0.2, 0.25) is 5.02 Å². The van der Waals surface area contributed by atoms with E-state index < -0.39 is 11.7 Å². The lowest BCUT2D eigenvalue weighted by molar-refractivity contribution is 0.0946. The Hall–Kier alpha value is -1.94. The third-order valence-corrected chi connectivity index (χ3v) is 3.19. The van der Waals surface area contributed by atoms with Gasteiger partial charge in [0, 0.05) is 11.2 Å². The van der Waals surface area contributed by atoms with E-state index in [-0.39, 0.29) is 12.1 Å². The zero-order chi connectivity index (χ0) is 14.5. The molecule has 2 rings (SSSR count). The molecule has 1 aromatic carbocycles. The molecule has 0 saturated carbocycles. The fourth-order valence-electron chi connectivity index (χ4n) is 1.88. The highest BCUT2D eigenvalue weighted by molar-refractivity contribution is 6.30. The number of carbonyl (C=O) groups is 1. The number of pyridine rings is 1. The number of hydrogen-bond donors (Lipinski definition) is 1. The van der Waals surface area contributed by atoms with Gasteiger partial charge in [-0.15, -0.1) is 0 Å². The Balaban J connectivity index is 2.11. The Morgan fingerprint density at radius 1 is 1.40 bits per heavy atom. The van der Waals surface area contributed by atoms with Gasteiger partial charge in [-0.25, -0.2) is 4.39 Å². The van der Waals surface area contributed by atoms with Crippen LogP contribution in [0.25, 0.3) is 0 Å². The molecule has 0 aliphatic heterocycles. The van der Waals surface area contributed by atoms with Crippen molar-refractivity contribution in [2.45, 2.75) is 19.9 Å². The summed E-state index contributed by atoms with van der Waals surface area (Å²) in [6.45, 7) is 2.27. The van der Waals surface area contributed by atoms with Gasteiger partial charge < -0.3 is 5.32 Å². The smallest absolute Gasteiger partial charge is 0.254 e. The fraction of sp³-hybridized carbons (Fsp3) is 0.200. The summed E-state index contributed by atoms with van der Waals surface area (Å²) in [5.74, 6) is -1.10. The Morgan fingerprint density at radius 2 is 2.20 bits per heavy atom. The predicted octanol–water partition coefficient (Wildman–Crippen LogP) is 3.37. The van der Waals surface area contributed by atoms with Gasteiger partial charge in [0.1, 0.15) is 5.82 Å². The van der Waals surface area contributed by atoms with E-state index in [0.717, 1.165) is 17.7 Å². The van der Waals surface area contributed by atoms with Crippen LogP contribution >= 0.6 is 11.6 Å². The molecule has 3 nitrogen and oxygen atoms in total. The fourth-order valence-corrected chi connectivity index (χ4v) is 2.06. The summed E-state index contributed by atoms with van der Waals surface area (Å²) in [5.41, 5.74) is 1.77. The number of aromatic nitrogens is 1. The maximum absolute atomic E-state index is 13.6. The first kappa shape index (κ1) is 14.5. The number of nitrogens with zero attached hydrogens (tertiary/aromatic N) is 1. The Morgan fingerprint density at radius 3 is 2.95 bits per heavy atom. The maximum Gasteiger partial charge on any atom is 0.254 e. The second-order valence-corrected chi connectivity index (χ2v) is 4.71. The van der Waals surface area contributed by atoms with Crippen molar-refractivity contribution in [3.8, 4) is 0 Å². The number of benzene rings is 1. The molecule has 104 valence electrons. The molecule has 5 heteroatoms. The Bertz CT molecular complexity index is 631. The van der Waals surface area contributed by atoms with E-state index in [4.69, 9.17) is 11.6 Å². The third-order valence-electron chi connectivity index (χ3n) is 2.95. The van der Waals surface area contributed by atoms with Crippen molar-refractivity contribution in [2.24, 2.45) is 0 Å². The molecule has 0 aliphatic rings. The topological polar surface area (TPSA) is 42.0 Å². The highest BCUT2D eigenvalue weighted by Gasteiger charge is 2.12. The molecule has 0 saturated heterocycles. The van der Waals surface area contributed by atoms with Crippen molar-refractivity contribution in [3.05, 3.63) is 64.2 Å². The number of halogens is 2. The summed E-state index contributed by atoms with van der Waals surface area (Å²) in [4.78, 5) is 16.2. The van der Waals surface area contributed by atoms with Crippen LogP contribution < -0.4 is 5.32 Å². The summed E-state index contributed by atoms with van der Waals surface area (Å²) in [7, 11) is 0. The average Bonchev–Trinajstić information content (AvgIpc) is 2.47. The molecule has 1 heterocycles. The molecule has 2 aromatic rings. The molecule has 1 N–H and O–H groups in total. The van der Waals surface area contributed by atoms with Crippen LogP contribution in [0, 0.1) is 5.82 Å². The van der Waals surface area contributed by atoms with Gasteiger partial charge in [0.2, 0.25) is 0 Å². The normalized spacial score (nSPS) is 10.3. The first-order valence-electron chi connectivity index (χ1n) is 6.28. The van der Waals surface area contributed by atoms with Gasteiger partial charge in [0.05, 0.1) is 17.8 Å². The minimum absolute atomic E-state index is 0.0634. The molecule has 0 aliphatic carbocycles. The van der Waals surface area contributed by atoms with Crippen molar-refractivity contribution in [1.82, 2.24) is 10.3 Å². The molecule has 0 spiro atoms. The minimum atomic E-state index is -0.594. The Labute approximate surface area is 121 Å². The van der Waals surface area contributed by atoms with Crippen molar-refractivity contribution in [3.63, 3.8) is 0 Å². The van der Waals surface area contributed by atoms with E-state index in [0.29, 0.717) is 5.02 Å². The van der Waals surface area contributed by atoms with Gasteiger partial charge in [-0.1, -0.05) is 24.6 Å². The van der Waals surface area contributed by atoms with E-state index in [2.05, 4.69) is 10.3 Å². The summed E-state index contributed by atoms with van der Waals surface area (Å²) in [6, 6.07) is 7.69. The lowest BCUT2D eigenvalue weighted by Crippen LogP contribution is -2.25. The third kappa shape index (κ3) is 3.33. The molecule has 1 amide bonds. The summed E-state index contributed by atoms with van der Waals surface area (Å²) in [5, 5.41) is 2.98. The van der Waals surface area contributed by atoms with Gasteiger partial charge in [-0.2, -0.15) is 0 Å². The predicted molar refractivity (Wildman–Crippen MR) is 76.2 cm³/mol. The molecule has 0 radical (unpaired) electrons. The molecule has 20 heavy (non-hydrogen) atoms. The van der Waals surface area contributed by atoms with E-state index in [1.807, 2.05) is 19.1 Å². The van der Waals surface area contributed by atoms with E-state index >= 15 is 0 Å². The number of hydrogen-bond acceptors (Lipinski definition) is 2. The lowest BCUT2D eigenvalue weighted by Gasteiger charge is -2.09. The van der Waals surface area contributed by atoms with Crippen molar-refractivity contribution >= 4 is 17.5 Å². The molecule has 0 bridgehead atoms. The monoisotopic (exact) mass is 292 g/mol. The SMILES string of the molecule is CCc1cccnc1CNC(=O)c1cc(Cl)ccc1F. The first-order chi connectivity index (χ1) is 9.61. The molecular formula is C15H14ClFN2O. The van der Waals surface area contributed by atoms with Crippen molar-refractivity contribution in [1.29, 1.82) is 0 Å². The molecule has 0 atom stereocenters. The average molecular weight is 293 g/mol. The van der Waals surface area contributed by atoms with Crippen LogP contribution in [0.1, 0.15) is 28.5 Å². The highest BCUT2D eigenvalue weighted by atomic mass is 35.5. The van der Waals surface area contributed by atoms with Gasteiger partial charge in [-0.05, 0) is 36.2 Å². The van der Waals surface area contributed by atoms with E-state index in [1.165, 1.54) is 18.2 Å². The van der Waals surface area contributed by atoms with Crippen molar-refractivity contribution in [2.75, 3.05) is 0 Å². The van der Waals surface area contributed by atoms with Gasteiger partial charge in [-0.3, -0.25) is 9.78 Å². The largest absolute Gasteiger partial charge is 0.346 e. The molecule has 0 unspecified atom stereocenters. The zero-order valence-electron chi connectivity index (χ0n) is 11.0. The number of carbonyl (C=O) groups excluding carboxylic acids is 1. The number of rotatable bonds is 4. The zero-order valence-corrected chi connectivity index (χ0v) is 11.7. The first-order valence-corrected chi connectivity index (χ1v) is 6.65. The quantitative estimate of drug-likeness (QED) is 0.939. The van der Waals surface area contributed by atoms with E-state index in [1.54, 1.807) is 6.20 Å². The van der Waals surface area contributed by atoms with E-state index in [9.17, 15) is 9.18 Å². The van der Waals surface area contributed by atoms with Crippen LogP contribution in [-0.4, -0.2) is 10.9 Å². The van der Waals surface area contributed by atoms with Gasteiger partial charge in [0.25, 0.3) is 5.91 Å². The highest BCUT2D eigenvalue weighted by Crippen LogP contribution is 2.15. The minimum Gasteiger partial charge on any atom is -0.346 e. The van der Waals surface area contributed by atoms with Gasteiger partial charge >= 0.3 is 0 Å². The van der Waals surface area contributed by atoms with Crippen LogP contribution in [0.3, 0.4) is 0 Å². The maximum atomic E-state index is 13.6. The summed E-state index contributed by atoms with van der Waals surface area (Å²) < 4.78 is 13.6. The van der Waals surface area contributed by atoms with Crippen LogP contribution in [-0.2, 0) is 13.0 Å². The summed E-state index contributed by atoms with van der Waals surface area (Å²) >= 11 is 5.77. The number of aryl methyl sites for hydroxylation is 1. The number of nitrogens with one attached hydrogen (secondary N) is 1. The molecule has 1 aromatic heterocycles. The van der Waals surface area contributed by atoms with Crippen LogP contribution in [0.5, 0.6) is 0 Å². The standard InChI is InChI=1S/C15H14ClFN2O/c1-2-10-4-3-7-18-14(10)9-19-15(20)12-8-11(16)5-6-13(12)17/h3-8H,2,9H2,1H3,(H,19,20). The summed E-state index contributed by atoms with van der Waals surface area (Å²) in [6.07, 6.45) is 2.49. The second-order valence-electron chi connectivity index (χ2n) is 4.27. The van der Waals surface area contributed by atoms with Gasteiger partial charge in [0.15, 0.2) is 0 Å². The Kier molecular flexibility index (Phi) is 4.69. The molecular weight excluding hydrogens is 279 g/mol. The van der Waals surface area contributed by atoms with Crippen LogP contribution in [0.4, 0.5) is 4.39 Å². The second kappa shape index (κ2) is 6.48. The van der Waals surface area contributed by atoms with Crippen molar-refractivity contribution < 1.29 is 9.18 Å². The molecule has 0 fully saturated rings. The number of amides is 1. The van der Waals surface area contributed by atoms with Crippen LogP contribution in [0.15, 0.2) is 36.5 Å². The lowest BCUT2D eigenvalue weighted by atomic mass is 10.1.